The fraction of sp³-hybridized carbons (Fsp3) is 0.222. The molecule has 0 radical (unpaired) electrons. The van der Waals surface area contributed by atoms with Gasteiger partial charge in [-0.1, -0.05) is 24.3 Å². The lowest BCUT2D eigenvalue weighted by Crippen LogP contribution is -2.32. The fourth-order valence-corrected chi connectivity index (χ4v) is 3.59. The molecule has 0 saturated heterocycles. The first-order valence-corrected chi connectivity index (χ1v) is 8.35. The highest BCUT2D eigenvalue weighted by molar-refractivity contribution is 8.01. The lowest BCUT2D eigenvalue weighted by Gasteiger charge is -2.23. The Morgan fingerprint density at radius 2 is 1.96 bits per heavy atom. The van der Waals surface area contributed by atoms with E-state index >= 15 is 0 Å². The maximum atomic E-state index is 12.3. The number of rotatable bonds is 3. The smallest absolute Gasteiger partial charge is 0.238 e. The lowest BCUT2D eigenvalue weighted by molar-refractivity contribution is -0.120. The summed E-state index contributed by atoms with van der Waals surface area (Å²) in [5.74, 6) is -0.268. The number of hydrogen-bond acceptors (Lipinski definition) is 3. The van der Waals surface area contributed by atoms with Crippen molar-refractivity contribution in [3.05, 3.63) is 53.6 Å². The lowest BCUT2D eigenvalue weighted by atomic mass is 10.1. The molecule has 0 fully saturated rings. The Kier molecular flexibility index (Phi) is 4.39. The second-order valence-electron chi connectivity index (χ2n) is 5.59. The minimum atomic E-state index is -0.407. The summed E-state index contributed by atoms with van der Waals surface area (Å²) in [6.45, 7) is 3.98. The number of aryl methyl sites for hydroxylation is 1. The van der Waals surface area contributed by atoms with Gasteiger partial charge in [0.2, 0.25) is 11.8 Å². The van der Waals surface area contributed by atoms with Crippen molar-refractivity contribution in [3.8, 4) is 0 Å². The number of fused-ring (bicyclic) bond motifs is 1. The summed E-state index contributed by atoms with van der Waals surface area (Å²) in [6.07, 6.45) is 0.151. The molecule has 5 heteroatoms. The molecule has 3 rings (SSSR count). The largest absolute Gasteiger partial charge is 0.326 e. The van der Waals surface area contributed by atoms with E-state index in [0.29, 0.717) is 0 Å². The zero-order valence-electron chi connectivity index (χ0n) is 13.1. The molecule has 1 heterocycles. The molecule has 2 N–H and O–H groups in total. The van der Waals surface area contributed by atoms with Crippen molar-refractivity contribution >= 4 is 35.0 Å². The van der Waals surface area contributed by atoms with Crippen LogP contribution in [0, 0.1) is 13.8 Å². The van der Waals surface area contributed by atoms with Crippen molar-refractivity contribution in [2.45, 2.75) is 30.4 Å². The normalized spacial score (nSPS) is 16.4. The van der Waals surface area contributed by atoms with Crippen LogP contribution in [-0.2, 0) is 9.59 Å². The third-order valence-corrected chi connectivity index (χ3v) is 5.23. The van der Waals surface area contributed by atoms with Gasteiger partial charge in [-0.25, -0.2) is 0 Å². The van der Waals surface area contributed by atoms with Crippen molar-refractivity contribution in [2.75, 3.05) is 10.6 Å². The molecule has 0 bridgehead atoms. The van der Waals surface area contributed by atoms with Gasteiger partial charge in [0.25, 0.3) is 0 Å². The van der Waals surface area contributed by atoms with Crippen LogP contribution in [0.4, 0.5) is 11.4 Å². The van der Waals surface area contributed by atoms with E-state index in [2.05, 4.69) is 10.6 Å². The first kappa shape index (κ1) is 15.6. The van der Waals surface area contributed by atoms with Gasteiger partial charge in [-0.05, 0) is 43.2 Å². The van der Waals surface area contributed by atoms with E-state index < -0.39 is 5.25 Å². The summed E-state index contributed by atoms with van der Waals surface area (Å²) in [4.78, 5) is 25.4. The van der Waals surface area contributed by atoms with Crippen LogP contribution in [-0.4, -0.2) is 17.1 Å². The summed E-state index contributed by atoms with van der Waals surface area (Å²) >= 11 is 1.44. The predicted molar refractivity (Wildman–Crippen MR) is 93.9 cm³/mol. The molecule has 1 atom stereocenters. The molecule has 1 aliphatic heterocycles. The highest BCUT2D eigenvalue weighted by Crippen LogP contribution is 2.36. The monoisotopic (exact) mass is 326 g/mol. The third-order valence-electron chi connectivity index (χ3n) is 3.96. The number of thioether (sulfide) groups is 1. The van der Waals surface area contributed by atoms with E-state index in [1.807, 2.05) is 56.3 Å². The zero-order valence-corrected chi connectivity index (χ0v) is 13.9. The molecular weight excluding hydrogens is 308 g/mol. The molecule has 0 aliphatic carbocycles. The number of carbonyl (C=O) groups is 2. The van der Waals surface area contributed by atoms with Gasteiger partial charge in [-0.2, -0.15) is 0 Å². The highest BCUT2D eigenvalue weighted by Gasteiger charge is 2.28. The number of amides is 2. The second-order valence-corrected chi connectivity index (χ2v) is 6.84. The summed E-state index contributed by atoms with van der Waals surface area (Å²) in [5, 5.41) is 5.36. The molecule has 2 amide bonds. The van der Waals surface area contributed by atoms with Crippen molar-refractivity contribution in [1.29, 1.82) is 0 Å². The number of benzene rings is 2. The molecule has 0 aromatic heterocycles. The summed E-state index contributed by atoms with van der Waals surface area (Å²) in [6, 6.07) is 13.4. The van der Waals surface area contributed by atoms with E-state index in [0.717, 1.165) is 27.4 Å². The zero-order chi connectivity index (χ0) is 16.4. The molecule has 2 aromatic carbocycles. The number of carbonyl (C=O) groups excluding carboxylic acids is 2. The van der Waals surface area contributed by atoms with Crippen molar-refractivity contribution in [2.24, 2.45) is 0 Å². The highest BCUT2D eigenvalue weighted by atomic mass is 32.2. The SMILES string of the molecule is Cc1cccc(NC(=O)C[C@@H]2Sc3ccccc3NC2=O)c1C. The minimum Gasteiger partial charge on any atom is -0.326 e. The Bertz CT molecular complexity index is 773. The van der Waals surface area contributed by atoms with Crippen LogP contribution < -0.4 is 10.6 Å². The fourth-order valence-electron chi connectivity index (χ4n) is 2.48. The van der Waals surface area contributed by atoms with Crippen LogP contribution in [0.2, 0.25) is 0 Å². The molecule has 23 heavy (non-hydrogen) atoms. The number of para-hydroxylation sites is 1. The average molecular weight is 326 g/mol. The topological polar surface area (TPSA) is 58.2 Å². The van der Waals surface area contributed by atoms with Gasteiger partial charge in [-0.3, -0.25) is 9.59 Å². The Morgan fingerprint density at radius 3 is 2.78 bits per heavy atom. The third kappa shape index (κ3) is 3.40. The molecule has 4 nitrogen and oxygen atoms in total. The summed E-state index contributed by atoms with van der Waals surface area (Å²) in [5.41, 5.74) is 3.79. The van der Waals surface area contributed by atoms with Crippen LogP contribution in [0.25, 0.3) is 0 Å². The molecule has 0 spiro atoms. The van der Waals surface area contributed by atoms with E-state index in [9.17, 15) is 9.59 Å². The van der Waals surface area contributed by atoms with E-state index in [1.54, 1.807) is 0 Å². The van der Waals surface area contributed by atoms with Gasteiger partial charge in [0.15, 0.2) is 0 Å². The van der Waals surface area contributed by atoms with E-state index in [4.69, 9.17) is 0 Å². The van der Waals surface area contributed by atoms with Crippen LogP contribution in [0.15, 0.2) is 47.4 Å². The van der Waals surface area contributed by atoms with Crippen LogP contribution >= 0.6 is 11.8 Å². The Labute approximate surface area is 139 Å². The van der Waals surface area contributed by atoms with Gasteiger partial charge >= 0.3 is 0 Å². The van der Waals surface area contributed by atoms with Gasteiger partial charge < -0.3 is 10.6 Å². The Balaban J connectivity index is 1.69. The average Bonchev–Trinajstić information content (AvgIpc) is 2.52. The standard InChI is InChI=1S/C18H18N2O2S/c1-11-6-5-8-13(12(11)2)19-17(21)10-16-18(22)20-14-7-3-4-9-15(14)23-16/h3-9,16H,10H2,1-2H3,(H,19,21)(H,20,22)/t16-/m0/s1. The molecule has 2 aromatic rings. The predicted octanol–water partition coefficient (Wildman–Crippen LogP) is 3.75. The van der Waals surface area contributed by atoms with Gasteiger partial charge in [0.05, 0.1) is 10.9 Å². The van der Waals surface area contributed by atoms with Gasteiger partial charge in [-0.15, -0.1) is 11.8 Å². The van der Waals surface area contributed by atoms with Gasteiger partial charge in [0.1, 0.15) is 0 Å². The van der Waals surface area contributed by atoms with Crippen molar-refractivity contribution < 1.29 is 9.59 Å². The van der Waals surface area contributed by atoms with Gasteiger partial charge in [0, 0.05) is 17.0 Å². The summed E-state index contributed by atoms with van der Waals surface area (Å²) < 4.78 is 0. The van der Waals surface area contributed by atoms with E-state index in [-0.39, 0.29) is 18.2 Å². The number of anilines is 2. The second kappa shape index (κ2) is 6.46. The molecule has 118 valence electrons. The molecule has 1 aliphatic rings. The van der Waals surface area contributed by atoms with Crippen molar-refractivity contribution in [3.63, 3.8) is 0 Å². The van der Waals surface area contributed by atoms with Crippen molar-refractivity contribution in [1.82, 2.24) is 0 Å². The number of nitrogens with one attached hydrogen (secondary N) is 2. The molecule has 0 saturated carbocycles. The quantitative estimate of drug-likeness (QED) is 0.903. The van der Waals surface area contributed by atoms with Crippen LogP contribution in [0.1, 0.15) is 17.5 Å². The molecular formula is C18H18N2O2S. The maximum absolute atomic E-state index is 12.3. The first-order chi connectivity index (χ1) is 11.0. The van der Waals surface area contributed by atoms with Crippen LogP contribution in [0.5, 0.6) is 0 Å². The Morgan fingerprint density at radius 1 is 1.17 bits per heavy atom. The maximum Gasteiger partial charge on any atom is 0.238 e. The summed E-state index contributed by atoms with van der Waals surface area (Å²) in [7, 11) is 0. The van der Waals surface area contributed by atoms with Crippen LogP contribution in [0.3, 0.4) is 0 Å². The first-order valence-electron chi connectivity index (χ1n) is 7.47. The molecule has 0 unspecified atom stereocenters. The Hall–Kier alpha value is -2.27. The number of hydrogen-bond donors (Lipinski definition) is 2. The minimum absolute atomic E-state index is 0.121. The van der Waals surface area contributed by atoms with E-state index in [1.165, 1.54) is 11.8 Å².